The summed E-state index contributed by atoms with van der Waals surface area (Å²) in [6, 6.07) is 10.2. The molecule has 2 aromatic heterocycles. The van der Waals surface area contributed by atoms with Crippen LogP contribution in [-0.4, -0.2) is 110 Å². The molecule has 0 saturated carbocycles. The average Bonchev–Trinajstić information content (AvgIpc) is 3.07. The first-order valence-corrected chi connectivity index (χ1v) is 18.0. The normalized spacial score (nSPS) is 16.7. The van der Waals surface area contributed by atoms with Gasteiger partial charge in [-0.05, 0) is 51.1 Å². The Labute approximate surface area is 281 Å². The summed E-state index contributed by atoms with van der Waals surface area (Å²) in [6.45, 7) is 8.53. The van der Waals surface area contributed by atoms with E-state index < -0.39 is 10.0 Å². The Kier molecular flexibility index (Phi) is 9.82. The van der Waals surface area contributed by atoms with Crippen LogP contribution in [0.1, 0.15) is 19.8 Å². The van der Waals surface area contributed by atoms with Gasteiger partial charge < -0.3 is 25.2 Å². The van der Waals surface area contributed by atoms with Crippen molar-refractivity contribution in [3.63, 3.8) is 0 Å². The van der Waals surface area contributed by atoms with E-state index in [1.54, 1.807) is 32.4 Å². The lowest BCUT2D eigenvalue weighted by molar-refractivity contribution is 0.0982. The van der Waals surface area contributed by atoms with Gasteiger partial charge in [0.1, 0.15) is 22.0 Å². The number of nitrogens with one attached hydrogen (secondary N) is 2. The van der Waals surface area contributed by atoms with E-state index in [-0.39, 0.29) is 23.3 Å². The Morgan fingerprint density at radius 3 is 2.40 bits per heavy atom. The van der Waals surface area contributed by atoms with E-state index >= 15 is 0 Å². The molecule has 4 heterocycles. The molecule has 6 rings (SSSR count). The van der Waals surface area contributed by atoms with Crippen molar-refractivity contribution in [2.24, 2.45) is 0 Å². The SMILES string of the molecule is CCN(c1c(Nc2nc(Nc3ccc(N4CCC(N5CCN(C)CC5)CC4)cc3OC)ncc2Cl)ccc2nccnc12)S(C)(=O)=O. The molecule has 2 aliphatic rings. The number of aromatic nitrogens is 4. The van der Waals surface area contributed by atoms with Gasteiger partial charge in [-0.3, -0.25) is 19.2 Å². The van der Waals surface area contributed by atoms with Crippen LogP contribution in [0.4, 0.5) is 34.5 Å². The number of nitrogens with zero attached hydrogens (tertiary/aromatic N) is 8. The van der Waals surface area contributed by atoms with Gasteiger partial charge in [0.15, 0.2) is 5.82 Å². The molecule has 2 aliphatic heterocycles. The molecule has 250 valence electrons. The molecule has 0 amide bonds. The lowest BCUT2D eigenvalue weighted by Crippen LogP contribution is -2.52. The molecule has 0 unspecified atom stereocenters. The molecule has 4 aromatic rings. The third-order valence-corrected chi connectivity index (χ3v) is 10.4. The highest BCUT2D eigenvalue weighted by Gasteiger charge is 2.27. The van der Waals surface area contributed by atoms with E-state index in [2.05, 4.69) is 58.4 Å². The number of rotatable bonds is 10. The van der Waals surface area contributed by atoms with E-state index in [1.807, 2.05) is 12.1 Å². The quantitative estimate of drug-likeness (QED) is 0.243. The van der Waals surface area contributed by atoms with Gasteiger partial charge in [0.05, 0.1) is 36.5 Å². The second kappa shape index (κ2) is 14.0. The molecule has 2 N–H and O–H groups in total. The second-order valence-corrected chi connectivity index (χ2v) is 14.2. The van der Waals surface area contributed by atoms with Gasteiger partial charge in [-0.2, -0.15) is 4.98 Å². The fourth-order valence-corrected chi connectivity index (χ4v) is 7.48. The summed E-state index contributed by atoms with van der Waals surface area (Å²) in [5, 5.41) is 6.73. The number of hydrogen-bond acceptors (Lipinski definition) is 12. The summed E-state index contributed by atoms with van der Waals surface area (Å²) >= 11 is 6.54. The van der Waals surface area contributed by atoms with Crippen LogP contribution in [0.2, 0.25) is 5.02 Å². The van der Waals surface area contributed by atoms with Crippen molar-refractivity contribution < 1.29 is 13.2 Å². The Balaban J connectivity index is 1.20. The van der Waals surface area contributed by atoms with E-state index in [9.17, 15) is 8.42 Å². The molecule has 47 heavy (non-hydrogen) atoms. The molecule has 0 bridgehead atoms. The summed E-state index contributed by atoms with van der Waals surface area (Å²) < 4.78 is 32.6. The smallest absolute Gasteiger partial charge is 0.232 e. The maximum Gasteiger partial charge on any atom is 0.232 e. The Morgan fingerprint density at radius 1 is 0.979 bits per heavy atom. The van der Waals surface area contributed by atoms with Crippen molar-refractivity contribution in [2.75, 3.05) is 86.1 Å². The predicted molar refractivity (Wildman–Crippen MR) is 188 cm³/mol. The zero-order valence-corrected chi connectivity index (χ0v) is 28.7. The molecule has 2 saturated heterocycles. The average molecular weight is 681 g/mol. The lowest BCUT2D eigenvalue weighted by Gasteiger charge is -2.42. The van der Waals surface area contributed by atoms with Gasteiger partial charge in [0, 0.05) is 76.0 Å². The maximum atomic E-state index is 12.8. The standard InChI is InChI=1S/C32H41ClN10O3S/c1-5-43(47(4,44)45)30-27(9-8-26-29(30)35-13-12-34-26)37-31-24(33)21-36-32(39-31)38-25-7-6-23(20-28(25)46-3)41-14-10-22(11-15-41)42-18-16-40(2)17-19-42/h6-9,12-13,20-22H,5,10-11,14-19H2,1-4H3,(H2,36,37,38,39). The van der Waals surface area contributed by atoms with Crippen LogP contribution in [0.15, 0.2) is 48.9 Å². The largest absolute Gasteiger partial charge is 0.494 e. The molecule has 0 spiro atoms. The van der Waals surface area contributed by atoms with Crippen molar-refractivity contribution in [3.8, 4) is 5.75 Å². The van der Waals surface area contributed by atoms with Gasteiger partial charge in [-0.25, -0.2) is 13.4 Å². The van der Waals surface area contributed by atoms with Crippen molar-refractivity contribution in [2.45, 2.75) is 25.8 Å². The van der Waals surface area contributed by atoms with Crippen molar-refractivity contribution in [1.82, 2.24) is 29.7 Å². The third-order valence-electron chi connectivity index (χ3n) is 8.86. The molecule has 0 radical (unpaired) electrons. The van der Waals surface area contributed by atoms with Crippen LogP contribution in [-0.2, 0) is 10.0 Å². The van der Waals surface area contributed by atoms with Gasteiger partial charge >= 0.3 is 0 Å². The lowest BCUT2D eigenvalue weighted by atomic mass is 10.0. The molecule has 2 aromatic carbocycles. The van der Waals surface area contributed by atoms with Gasteiger partial charge in [0.2, 0.25) is 16.0 Å². The number of likely N-dealkylation sites (N-methyl/N-ethyl adjacent to an activating group) is 1. The fourth-order valence-electron chi connectivity index (χ4n) is 6.35. The van der Waals surface area contributed by atoms with E-state index in [4.69, 9.17) is 16.3 Å². The van der Waals surface area contributed by atoms with E-state index in [1.165, 1.54) is 16.7 Å². The maximum absolute atomic E-state index is 12.8. The predicted octanol–water partition coefficient (Wildman–Crippen LogP) is 4.57. The first-order valence-electron chi connectivity index (χ1n) is 15.8. The molecule has 15 heteroatoms. The first kappa shape index (κ1) is 32.9. The van der Waals surface area contributed by atoms with Crippen LogP contribution in [0.25, 0.3) is 11.0 Å². The molecule has 0 aliphatic carbocycles. The fraction of sp³-hybridized carbons (Fsp3) is 0.438. The molecular formula is C32H41ClN10O3S. The van der Waals surface area contributed by atoms with Crippen LogP contribution in [0, 0.1) is 0 Å². The monoisotopic (exact) mass is 680 g/mol. The van der Waals surface area contributed by atoms with Crippen LogP contribution >= 0.6 is 11.6 Å². The highest BCUT2D eigenvalue weighted by Crippen LogP contribution is 2.38. The second-order valence-electron chi connectivity index (χ2n) is 11.9. The van der Waals surface area contributed by atoms with Crippen molar-refractivity contribution in [1.29, 1.82) is 0 Å². The molecule has 2 fully saturated rings. The highest BCUT2D eigenvalue weighted by atomic mass is 35.5. The van der Waals surface area contributed by atoms with Crippen LogP contribution in [0.5, 0.6) is 5.75 Å². The first-order chi connectivity index (χ1) is 22.6. The number of hydrogen-bond donors (Lipinski definition) is 2. The van der Waals surface area contributed by atoms with E-state index in [0.29, 0.717) is 39.9 Å². The van der Waals surface area contributed by atoms with Crippen LogP contribution in [0.3, 0.4) is 0 Å². The van der Waals surface area contributed by atoms with Gasteiger partial charge in [-0.15, -0.1) is 0 Å². The van der Waals surface area contributed by atoms with Crippen LogP contribution < -0.4 is 24.6 Å². The number of benzene rings is 2. The molecule has 13 nitrogen and oxygen atoms in total. The summed E-state index contributed by atoms with van der Waals surface area (Å²) in [6.07, 6.45) is 8.02. The zero-order valence-electron chi connectivity index (χ0n) is 27.1. The number of sulfonamides is 1. The molecular weight excluding hydrogens is 640 g/mol. The van der Waals surface area contributed by atoms with E-state index in [0.717, 1.165) is 64.1 Å². The Hall–Kier alpha value is -3.98. The van der Waals surface area contributed by atoms with Gasteiger partial charge in [-0.1, -0.05) is 11.6 Å². The van der Waals surface area contributed by atoms with Gasteiger partial charge in [0.25, 0.3) is 0 Å². The number of methoxy groups -OCH3 is 1. The zero-order chi connectivity index (χ0) is 33.1. The third kappa shape index (κ3) is 7.30. The number of fused-ring (bicyclic) bond motifs is 1. The number of ether oxygens (including phenoxy) is 1. The Bertz CT molecular complexity index is 1830. The highest BCUT2D eigenvalue weighted by molar-refractivity contribution is 7.92. The molecule has 0 atom stereocenters. The minimum Gasteiger partial charge on any atom is -0.494 e. The summed E-state index contributed by atoms with van der Waals surface area (Å²) in [7, 11) is 0.204. The number of anilines is 6. The minimum atomic E-state index is -3.64. The number of piperidine rings is 1. The minimum absolute atomic E-state index is 0.192. The van der Waals surface area contributed by atoms with Crippen molar-refractivity contribution in [3.05, 3.63) is 53.9 Å². The number of halogens is 1. The number of piperazine rings is 1. The van der Waals surface area contributed by atoms with Crippen molar-refractivity contribution >= 4 is 67.2 Å². The summed E-state index contributed by atoms with van der Waals surface area (Å²) in [5.41, 5.74) is 3.61. The topological polar surface area (TPSA) is 132 Å². The summed E-state index contributed by atoms with van der Waals surface area (Å²) in [5.74, 6) is 1.24. The summed E-state index contributed by atoms with van der Waals surface area (Å²) in [4.78, 5) is 25.3. The Morgan fingerprint density at radius 2 is 1.70 bits per heavy atom.